The van der Waals surface area contributed by atoms with Gasteiger partial charge >= 0.3 is 52.5 Å². The van der Waals surface area contributed by atoms with Crippen molar-refractivity contribution in [2.24, 2.45) is 0 Å². The van der Waals surface area contributed by atoms with Crippen molar-refractivity contribution >= 4 is 69.7 Å². The quantitative estimate of drug-likeness (QED) is 0.0498. The fourth-order valence-electron chi connectivity index (χ4n) is 4.70. The maximum atomic E-state index is 11.7. The molecule has 4 aromatic rings. The number of carbonyl (C=O) groups excluding carboxylic acids is 8. The van der Waals surface area contributed by atoms with Crippen molar-refractivity contribution in [1.29, 1.82) is 0 Å². The summed E-state index contributed by atoms with van der Waals surface area (Å²) in [7, 11) is 0. The summed E-state index contributed by atoms with van der Waals surface area (Å²) in [6.45, 7) is 7.40. The topological polar surface area (TPSA) is 389 Å². The Morgan fingerprint density at radius 3 is 1.20 bits per heavy atom. The molecule has 0 spiro atoms. The molecule has 4 aromatic heterocycles. The lowest BCUT2D eigenvalue weighted by molar-refractivity contribution is -0.149. The smallest absolute Gasteiger partial charge is 0.337 e. The molecule has 1 saturated heterocycles. The summed E-state index contributed by atoms with van der Waals surface area (Å²) < 4.78 is 28.0. The average molecular weight is 863 g/mol. The van der Waals surface area contributed by atoms with E-state index in [1.165, 1.54) is 0 Å². The fraction of sp³-hybridized carbons (Fsp3) is 0.371. The maximum absolute atomic E-state index is 11.7. The molecule has 26 heteroatoms. The molecular formula is C35H38N6O20. The molecule has 26 nitrogen and oxygen atoms in total. The number of barbiturate groups is 1. The van der Waals surface area contributed by atoms with E-state index in [1.807, 2.05) is 20.6 Å². The SMILES string of the molecule is CCOC(=O)CC(=O)CC(=O)OCC.CCOC(=O)Cc1cc(=O)oc2[nH]c(=O)[nH]c(=O)c12.CCOC(=O)Cc1cc(=O)oc2[nH]c(=O)[nH]c(=O)c12.O=C1CC(=O)NC(=O)N1. The van der Waals surface area contributed by atoms with Crippen molar-refractivity contribution in [1.82, 2.24) is 30.6 Å². The van der Waals surface area contributed by atoms with Crippen LogP contribution in [0, 0.1) is 0 Å². The van der Waals surface area contributed by atoms with Crippen LogP contribution in [-0.2, 0) is 65.4 Å². The minimum absolute atomic E-state index is 0.0488. The van der Waals surface area contributed by atoms with Crippen molar-refractivity contribution in [2.45, 2.75) is 59.8 Å². The number of imide groups is 2. The molecule has 0 aliphatic carbocycles. The van der Waals surface area contributed by atoms with E-state index in [4.69, 9.17) is 18.3 Å². The maximum Gasteiger partial charge on any atom is 0.337 e. The fourth-order valence-corrected chi connectivity index (χ4v) is 4.70. The third-order valence-corrected chi connectivity index (χ3v) is 6.85. The monoisotopic (exact) mass is 862 g/mol. The molecule has 0 unspecified atom stereocenters. The second kappa shape index (κ2) is 24.0. The molecule has 6 N–H and O–H groups in total. The van der Waals surface area contributed by atoms with Gasteiger partial charge in [0, 0.05) is 12.1 Å². The molecule has 328 valence electrons. The average Bonchev–Trinajstić information content (AvgIpc) is 3.11. The zero-order chi connectivity index (χ0) is 45.8. The highest BCUT2D eigenvalue weighted by Gasteiger charge is 2.20. The van der Waals surface area contributed by atoms with Crippen LogP contribution in [-0.4, -0.2) is 93.9 Å². The van der Waals surface area contributed by atoms with Gasteiger partial charge in [0.05, 0.1) is 39.3 Å². The van der Waals surface area contributed by atoms with Gasteiger partial charge in [-0.2, -0.15) is 0 Å². The van der Waals surface area contributed by atoms with Gasteiger partial charge in [-0.15, -0.1) is 0 Å². The number of Topliss-reactive ketones (excluding diaryl/α,β-unsaturated/α-hetero) is 1. The van der Waals surface area contributed by atoms with Crippen LogP contribution in [0.15, 0.2) is 49.7 Å². The summed E-state index contributed by atoms with van der Waals surface area (Å²) in [5.74, 6) is -3.97. The number of urea groups is 1. The summed E-state index contributed by atoms with van der Waals surface area (Å²) in [6, 6.07) is 1.30. The molecule has 0 atom stereocenters. The number of esters is 4. The normalized spacial score (nSPS) is 11.5. The van der Waals surface area contributed by atoms with E-state index in [1.54, 1.807) is 27.7 Å². The van der Waals surface area contributed by atoms with Gasteiger partial charge in [-0.25, -0.2) is 24.0 Å². The molecule has 0 aromatic carbocycles. The molecule has 5 heterocycles. The Balaban J connectivity index is 0.000000290. The number of hydrogen-bond acceptors (Lipinski definition) is 20. The summed E-state index contributed by atoms with van der Waals surface area (Å²) in [5.41, 5.74) is -4.85. The number of ketones is 1. The molecule has 4 amide bonds. The highest BCUT2D eigenvalue weighted by molar-refractivity contribution is 6.14. The van der Waals surface area contributed by atoms with Crippen LogP contribution in [0.4, 0.5) is 4.79 Å². The molecule has 1 aliphatic rings. The number of carbonyl (C=O) groups is 8. The van der Waals surface area contributed by atoms with Gasteiger partial charge in [0.25, 0.3) is 11.1 Å². The first-order chi connectivity index (χ1) is 28.8. The highest BCUT2D eigenvalue weighted by Crippen LogP contribution is 2.11. The lowest BCUT2D eigenvalue weighted by Crippen LogP contribution is -2.49. The number of ether oxygens (including phenoxy) is 4. The van der Waals surface area contributed by atoms with Crippen LogP contribution in [0.3, 0.4) is 0 Å². The number of hydrogen-bond donors (Lipinski definition) is 6. The Labute approximate surface area is 338 Å². The number of fused-ring (bicyclic) bond motifs is 2. The molecule has 0 bridgehead atoms. The third-order valence-electron chi connectivity index (χ3n) is 6.85. The summed E-state index contributed by atoms with van der Waals surface area (Å²) in [4.78, 5) is 163. The van der Waals surface area contributed by atoms with Crippen LogP contribution in [0.25, 0.3) is 22.2 Å². The van der Waals surface area contributed by atoms with Gasteiger partial charge in [-0.3, -0.25) is 73.7 Å². The van der Waals surface area contributed by atoms with Crippen LogP contribution < -0.4 is 44.4 Å². The molecular weight excluding hydrogens is 824 g/mol. The van der Waals surface area contributed by atoms with E-state index in [2.05, 4.69) is 19.4 Å². The van der Waals surface area contributed by atoms with Gasteiger partial charge in [0.15, 0.2) is 5.78 Å². The Morgan fingerprint density at radius 2 is 0.869 bits per heavy atom. The van der Waals surface area contributed by atoms with Crippen molar-refractivity contribution in [3.8, 4) is 0 Å². The van der Waals surface area contributed by atoms with E-state index < -0.39 is 81.3 Å². The van der Waals surface area contributed by atoms with E-state index in [0.717, 1.165) is 12.1 Å². The number of rotatable bonds is 12. The summed E-state index contributed by atoms with van der Waals surface area (Å²) >= 11 is 0. The first-order valence-corrected chi connectivity index (χ1v) is 17.7. The van der Waals surface area contributed by atoms with Crippen LogP contribution in [0.5, 0.6) is 0 Å². The number of aromatic amines is 4. The van der Waals surface area contributed by atoms with Crippen LogP contribution >= 0.6 is 0 Å². The summed E-state index contributed by atoms with van der Waals surface area (Å²) in [5, 5.41) is 3.70. The Bertz CT molecular complexity index is 2450. The second-order valence-corrected chi connectivity index (χ2v) is 11.5. The molecule has 61 heavy (non-hydrogen) atoms. The van der Waals surface area contributed by atoms with E-state index in [0.29, 0.717) is 0 Å². The molecule has 0 radical (unpaired) electrons. The van der Waals surface area contributed by atoms with Crippen molar-refractivity contribution in [2.75, 3.05) is 26.4 Å². The number of amides is 4. The minimum Gasteiger partial charge on any atom is -0.466 e. The number of H-pyrrole nitrogens is 4. The minimum atomic E-state index is -0.797. The zero-order valence-electron chi connectivity index (χ0n) is 32.7. The lowest BCUT2D eigenvalue weighted by Gasteiger charge is -2.09. The van der Waals surface area contributed by atoms with Gasteiger partial charge in [0.2, 0.25) is 23.2 Å². The zero-order valence-corrected chi connectivity index (χ0v) is 32.7. The van der Waals surface area contributed by atoms with E-state index in [-0.39, 0.29) is 91.9 Å². The number of aromatic nitrogens is 4. The number of nitrogens with one attached hydrogen (secondary N) is 6. The predicted molar refractivity (Wildman–Crippen MR) is 202 cm³/mol. The predicted octanol–water partition coefficient (Wildman–Crippen LogP) is -2.25. The molecule has 0 saturated carbocycles. The van der Waals surface area contributed by atoms with E-state index in [9.17, 15) is 67.1 Å². The first-order valence-electron chi connectivity index (χ1n) is 17.7. The molecule has 5 rings (SSSR count). The van der Waals surface area contributed by atoms with Gasteiger partial charge in [-0.1, -0.05) is 0 Å². The second-order valence-electron chi connectivity index (χ2n) is 11.5. The van der Waals surface area contributed by atoms with Gasteiger partial charge < -0.3 is 27.8 Å². The van der Waals surface area contributed by atoms with Gasteiger partial charge in [0.1, 0.15) is 30.0 Å². The first kappa shape index (κ1) is 49.1. The van der Waals surface area contributed by atoms with Gasteiger partial charge in [-0.05, 0) is 38.8 Å². The highest BCUT2D eigenvalue weighted by atomic mass is 16.5. The van der Waals surface area contributed by atoms with Crippen molar-refractivity contribution < 1.29 is 66.1 Å². The van der Waals surface area contributed by atoms with Crippen LogP contribution in [0.1, 0.15) is 58.1 Å². The molecule has 1 fully saturated rings. The van der Waals surface area contributed by atoms with E-state index >= 15 is 0 Å². The summed E-state index contributed by atoms with van der Waals surface area (Å²) in [6.07, 6.45) is -1.51. The third kappa shape index (κ3) is 16.8. The largest absolute Gasteiger partial charge is 0.466 e. The Kier molecular flexibility index (Phi) is 19.3. The molecule has 1 aliphatic heterocycles. The van der Waals surface area contributed by atoms with Crippen molar-refractivity contribution in [3.05, 3.63) is 85.8 Å². The Morgan fingerprint density at radius 1 is 0.525 bits per heavy atom. The lowest BCUT2D eigenvalue weighted by atomic mass is 10.1. The standard InChI is InChI=1S/2C11H10N2O6.C9H14O5.C4H4N2O3/c2*1-2-18-6(14)3-5-4-7(15)19-10-8(5)9(16)12-11(17)13-10;1-3-13-8(11)5-7(10)6-9(12)14-4-2;7-2-1-3(8)6-4(9)5-2/h2*4H,2-3H2,1H3,(H2,12,13,16,17);3-6H2,1-2H3;1H2,(H2,5,6,7,8,9). The Hall–Kier alpha value is -8.06. The van der Waals surface area contributed by atoms with Crippen molar-refractivity contribution in [3.63, 3.8) is 0 Å². The van der Waals surface area contributed by atoms with Crippen LogP contribution in [0.2, 0.25) is 0 Å².